The number of hydrogen-bond donors (Lipinski definition) is 2. The summed E-state index contributed by atoms with van der Waals surface area (Å²) in [4.78, 5) is 23.7. The molecule has 26 heavy (non-hydrogen) atoms. The van der Waals surface area contributed by atoms with Crippen LogP contribution in [0, 0.1) is 5.92 Å². The van der Waals surface area contributed by atoms with E-state index in [9.17, 15) is 14.7 Å². The van der Waals surface area contributed by atoms with E-state index in [0.717, 1.165) is 12.8 Å². The van der Waals surface area contributed by atoms with Gasteiger partial charge in [0.25, 0.3) is 5.91 Å². The summed E-state index contributed by atoms with van der Waals surface area (Å²) in [7, 11) is 1.48. The van der Waals surface area contributed by atoms with Gasteiger partial charge in [0.05, 0.1) is 24.8 Å². The lowest BCUT2D eigenvalue weighted by Gasteiger charge is -2.09. The number of nitrogens with one attached hydrogen (secondary N) is 1. The smallest absolute Gasteiger partial charge is 0.314 e. The minimum absolute atomic E-state index is 0.00874. The van der Waals surface area contributed by atoms with Crippen LogP contribution in [0.25, 0.3) is 0 Å². The lowest BCUT2D eigenvalue weighted by molar-refractivity contribution is -0.135. The van der Waals surface area contributed by atoms with Crippen molar-refractivity contribution in [1.82, 2.24) is 5.43 Å². The molecule has 7 nitrogen and oxygen atoms in total. The lowest BCUT2D eigenvalue weighted by Crippen LogP contribution is -2.17. The zero-order chi connectivity index (χ0) is 18.5. The fourth-order valence-corrected chi connectivity index (χ4v) is 2.25. The minimum atomic E-state index is -0.527. The summed E-state index contributed by atoms with van der Waals surface area (Å²) >= 11 is 0. The number of phenolic OH excluding ortho intramolecular Hbond substituents is 1. The Bertz CT molecular complexity index is 859. The van der Waals surface area contributed by atoms with Crippen molar-refractivity contribution in [3.05, 3.63) is 53.6 Å². The number of amides is 1. The van der Waals surface area contributed by atoms with Crippen LogP contribution in [0.4, 0.5) is 0 Å². The van der Waals surface area contributed by atoms with Crippen molar-refractivity contribution < 1.29 is 24.2 Å². The van der Waals surface area contributed by atoms with E-state index in [-0.39, 0.29) is 23.2 Å². The van der Waals surface area contributed by atoms with Crippen molar-refractivity contribution in [3.63, 3.8) is 0 Å². The zero-order valence-electron chi connectivity index (χ0n) is 14.1. The molecule has 134 valence electrons. The molecule has 0 radical (unpaired) electrons. The van der Waals surface area contributed by atoms with Gasteiger partial charge in [-0.2, -0.15) is 5.10 Å². The van der Waals surface area contributed by atoms with E-state index in [0.29, 0.717) is 17.1 Å². The minimum Gasteiger partial charge on any atom is -0.507 e. The summed E-state index contributed by atoms with van der Waals surface area (Å²) in [6, 6.07) is 11.1. The molecule has 0 spiro atoms. The highest BCUT2D eigenvalue weighted by Gasteiger charge is 2.32. The molecule has 0 aromatic heterocycles. The first kappa shape index (κ1) is 17.5. The topological polar surface area (TPSA) is 97.2 Å². The maximum Gasteiger partial charge on any atom is 0.314 e. The Morgan fingerprint density at radius 3 is 2.65 bits per heavy atom. The van der Waals surface area contributed by atoms with E-state index < -0.39 is 5.91 Å². The van der Waals surface area contributed by atoms with Crippen LogP contribution in [0.5, 0.6) is 17.2 Å². The highest BCUT2D eigenvalue weighted by molar-refractivity contribution is 5.97. The molecule has 3 rings (SSSR count). The van der Waals surface area contributed by atoms with Gasteiger partial charge >= 0.3 is 5.97 Å². The Kier molecular flexibility index (Phi) is 5.17. The van der Waals surface area contributed by atoms with E-state index in [4.69, 9.17) is 9.47 Å². The Labute approximate surface area is 150 Å². The summed E-state index contributed by atoms with van der Waals surface area (Å²) in [5.41, 5.74) is 3.11. The van der Waals surface area contributed by atoms with E-state index in [2.05, 4.69) is 10.5 Å². The van der Waals surface area contributed by atoms with Gasteiger partial charge in [-0.15, -0.1) is 0 Å². The van der Waals surface area contributed by atoms with Crippen LogP contribution in [0.3, 0.4) is 0 Å². The molecule has 1 fully saturated rings. The van der Waals surface area contributed by atoms with Crippen molar-refractivity contribution in [3.8, 4) is 17.2 Å². The Morgan fingerprint density at radius 2 is 1.96 bits per heavy atom. The number of aromatic hydroxyl groups is 1. The summed E-state index contributed by atoms with van der Waals surface area (Å²) in [6.45, 7) is 0. The van der Waals surface area contributed by atoms with E-state index >= 15 is 0 Å². The molecular formula is C19H18N2O5. The van der Waals surface area contributed by atoms with Gasteiger partial charge in [0.1, 0.15) is 5.75 Å². The molecular weight excluding hydrogens is 336 g/mol. The highest BCUT2D eigenvalue weighted by Crippen LogP contribution is 2.34. The molecule has 2 aromatic carbocycles. The number of para-hydroxylation sites is 1. The number of benzene rings is 2. The lowest BCUT2D eigenvalue weighted by atomic mass is 10.2. The highest BCUT2D eigenvalue weighted by atomic mass is 16.6. The van der Waals surface area contributed by atoms with Crippen LogP contribution in [0.2, 0.25) is 0 Å². The Morgan fingerprint density at radius 1 is 1.19 bits per heavy atom. The van der Waals surface area contributed by atoms with Crippen molar-refractivity contribution >= 4 is 18.1 Å². The Balaban J connectivity index is 1.65. The van der Waals surface area contributed by atoms with Gasteiger partial charge in [-0.3, -0.25) is 9.59 Å². The predicted octanol–water partition coefficient (Wildman–Crippen LogP) is 2.48. The van der Waals surface area contributed by atoms with Gasteiger partial charge in [-0.05, 0) is 48.7 Å². The molecule has 2 N–H and O–H groups in total. The Hall–Kier alpha value is -3.35. The monoisotopic (exact) mass is 354 g/mol. The van der Waals surface area contributed by atoms with Crippen LogP contribution in [0.1, 0.15) is 28.8 Å². The van der Waals surface area contributed by atoms with Crippen molar-refractivity contribution in [2.75, 3.05) is 7.11 Å². The third-order valence-corrected chi connectivity index (χ3v) is 3.84. The van der Waals surface area contributed by atoms with Gasteiger partial charge < -0.3 is 14.6 Å². The molecule has 0 atom stereocenters. The molecule has 0 saturated heterocycles. The molecule has 1 saturated carbocycles. The fraction of sp³-hybridized carbons (Fsp3) is 0.211. The second-order valence-electron chi connectivity index (χ2n) is 5.82. The van der Waals surface area contributed by atoms with Gasteiger partial charge in [0.2, 0.25) is 0 Å². The fourth-order valence-electron chi connectivity index (χ4n) is 2.25. The summed E-state index contributed by atoms with van der Waals surface area (Å²) in [5.74, 6) is -0.162. The molecule has 7 heteroatoms. The van der Waals surface area contributed by atoms with Crippen LogP contribution in [0.15, 0.2) is 47.6 Å². The molecule has 0 aliphatic heterocycles. The first-order valence-corrected chi connectivity index (χ1v) is 8.09. The number of methoxy groups -OCH3 is 1. The summed E-state index contributed by atoms with van der Waals surface area (Å²) < 4.78 is 10.6. The third-order valence-electron chi connectivity index (χ3n) is 3.84. The van der Waals surface area contributed by atoms with Gasteiger partial charge in [-0.25, -0.2) is 5.43 Å². The first-order chi connectivity index (χ1) is 12.6. The maximum absolute atomic E-state index is 12.0. The normalized spacial score (nSPS) is 13.4. The van der Waals surface area contributed by atoms with E-state index in [1.165, 1.54) is 25.5 Å². The largest absolute Gasteiger partial charge is 0.507 e. The number of ether oxygens (including phenoxy) is 2. The van der Waals surface area contributed by atoms with Crippen molar-refractivity contribution in [2.45, 2.75) is 12.8 Å². The number of hydrogen-bond acceptors (Lipinski definition) is 6. The average Bonchev–Trinajstić information content (AvgIpc) is 3.48. The standard InChI is InChI=1S/C19H18N2O5/c1-25-17-10-12(6-9-16(17)26-19(24)13-7-8-13)11-20-21-18(23)14-4-2-3-5-15(14)22/h2-6,9-11,13,22H,7-8H2,1H3,(H,21,23)/b20-11-. The molecule has 2 aromatic rings. The quantitative estimate of drug-likeness (QED) is 0.359. The number of nitrogens with zero attached hydrogens (tertiary/aromatic N) is 1. The second-order valence-corrected chi connectivity index (χ2v) is 5.82. The van der Waals surface area contributed by atoms with E-state index in [1.807, 2.05) is 0 Å². The maximum atomic E-state index is 12.0. The average molecular weight is 354 g/mol. The summed E-state index contributed by atoms with van der Waals surface area (Å²) in [6.07, 6.45) is 3.15. The SMILES string of the molecule is COc1cc(/C=N\NC(=O)c2ccccc2O)ccc1OC(=O)C1CC1. The third kappa shape index (κ3) is 4.18. The van der Waals surface area contributed by atoms with Gasteiger partial charge in [0.15, 0.2) is 11.5 Å². The predicted molar refractivity (Wildman–Crippen MR) is 94.5 cm³/mol. The number of phenols is 1. The first-order valence-electron chi connectivity index (χ1n) is 8.09. The van der Waals surface area contributed by atoms with Crippen LogP contribution < -0.4 is 14.9 Å². The number of carbonyl (C=O) groups excluding carboxylic acids is 2. The van der Waals surface area contributed by atoms with Crippen LogP contribution in [-0.4, -0.2) is 30.3 Å². The molecule has 1 aliphatic carbocycles. The van der Waals surface area contributed by atoms with Crippen molar-refractivity contribution in [2.24, 2.45) is 11.0 Å². The number of rotatable bonds is 6. The molecule has 1 amide bonds. The molecule has 0 bridgehead atoms. The van der Waals surface area contributed by atoms with Crippen molar-refractivity contribution in [1.29, 1.82) is 0 Å². The molecule has 0 heterocycles. The second kappa shape index (κ2) is 7.69. The molecule has 0 unspecified atom stereocenters. The van der Waals surface area contributed by atoms with Gasteiger partial charge in [0, 0.05) is 0 Å². The van der Waals surface area contributed by atoms with Gasteiger partial charge in [-0.1, -0.05) is 12.1 Å². The van der Waals surface area contributed by atoms with Crippen LogP contribution >= 0.6 is 0 Å². The van der Waals surface area contributed by atoms with E-state index in [1.54, 1.807) is 30.3 Å². The number of esters is 1. The van der Waals surface area contributed by atoms with Crippen LogP contribution in [-0.2, 0) is 4.79 Å². The zero-order valence-corrected chi connectivity index (χ0v) is 14.1. The number of hydrazone groups is 1. The molecule has 1 aliphatic rings. The number of carbonyl (C=O) groups is 2. The summed E-state index contributed by atoms with van der Waals surface area (Å²) in [5, 5.41) is 13.5.